The minimum Gasteiger partial charge on any atom is -0.357 e. The number of sulfonamides is 1. The number of halogens is 1. The maximum atomic E-state index is 13.8. The summed E-state index contributed by atoms with van der Waals surface area (Å²) >= 11 is 5.98. The molecule has 0 heterocycles. The fourth-order valence-corrected chi connectivity index (χ4v) is 5.76. The lowest BCUT2D eigenvalue weighted by Crippen LogP contribution is -2.52. The van der Waals surface area contributed by atoms with Crippen LogP contribution in [0.3, 0.4) is 0 Å². The number of para-hydroxylation sites is 1. The van der Waals surface area contributed by atoms with Crippen LogP contribution in [0.4, 0.5) is 5.69 Å². The Bertz CT molecular complexity index is 1310. The van der Waals surface area contributed by atoms with Gasteiger partial charge in [0.05, 0.1) is 10.6 Å². The van der Waals surface area contributed by atoms with Crippen LogP contribution in [0.2, 0.25) is 5.02 Å². The van der Waals surface area contributed by atoms with Gasteiger partial charge in [-0.25, -0.2) is 8.42 Å². The molecule has 196 valence electrons. The van der Waals surface area contributed by atoms with Crippen molar-refractivity contribution >= 4 is 39.1 Å². The van der Waals surface area contributed by atoms with E-state index in [0.29, 0.717) is 29.1 Å². The lowest BCUT2D eigenvalue weighted by atomic mass is 10.1. The predicted octanol–water partition coefficient (Wildman–Crippen LogP) is 4.44. The first kappa shape index (κ1) is 28.2. The largest absolute Gasteiger partial charge is 0.357 e. The molecule has 0 saturated carbocycles. The molecule has 3 aromatic carbocycles. The Balaban J connectivity index is 2.01. The number of likely N-dealkylation sites (N-methyl/N-ethyl adjacent to an activating group) is 1. The zero-order valence-corrected chi connectivity index (χ0v) is 22.8. The summed E-state index contributed by atoms with van der Waals surface area (Å²) in [4.78, 5) is 28.0. The van der Waals surface area contributed by atoms with Gasteiger partial charge in [0.25, 0.3) is 10.0 Å². The average molecular weight is 542 g/mol. The van der Waals surface area contributed by atoms with E-state index in [2.05, 4.69) is 5.32 Å². The molecule has 0 aliphatic heterocycles. The smallest absolute Gasteiger partial charge is 0.264 e. The van der Waals surface area contributed by atoms with Gasteiger partial charge in [-0.15, -0.1) is 0 Å². The summed E-state index contributed by atoms with van der Waals surface area (Å²) in [5.74, 6) is -0.765. The minimum atomic E-state index is -4.12. The number of carbonyl (C=O) groups excluding carboxylic acids is 2. The Morgan fingerprint density at radius 2 is 1.57 bits per heavy atom. The fraction of sp³-hybridized carbons (Fsp3) is 0.286. The van der Waals surface area contributed by atoms with Gasteiger partial charge in [-0.05, 0) is 61.2 Å². The summed E-state index contributed by atoms with van der Waals surface area (Å²) in [6, 6.07) is 21.7. The lowest BCUT2D eigenvalue weighted by molar-refractivity contribution is -0.139. The van der Waals surface area contributed by atoms with Crippen molar-refractivity contribution in [2.24, 2.45) is 0 Å². The summed E-state index contributed by atoms with van der Waals surface area (Å²) < 4.78 is 28.7. The molecule has 0 aliphatic rings. The third-order valence-corrected chi connectivity index (χ3v) is 8.21. The molecule has 0 saturated heterocycles. The quantitative estimate of drug-likeness (QED) is 0.389. The number of hydrogen-bond donors (Lipinski definition) is 1. The summed E-state index contributed by atoms with van der Waals surface area (Å²) in [5, 5.41) is 3.03. The molecule has 0 bridgehead atoms. The molecule has 0 fully saturated rings. The highest BCUT2D eigenvalue weighted by atomic mass is 35.5. The van der Waals surface area contributed by atoms with E-state index in [4.69, 9.17) is 11.6 Å². The van der Waals surface area contributed by atoms with Gasteiger partial charge < -0.3 is 10.2 Å². The first-order valence-corrected chi connectivity index (χ1v) is 13.9. The van der Waals surface area contributed by atoms with Crippen LogP contribution in [0.5, 0.6) is 0 Å². The normalized spacial score (nSPS) is 12.0. The average Bonchev–Trinajstić information content (AvgIpc) is 2.90. The van der Waals surface area contributed by atoms with E-state index in [1.54, 1.807) is 31.2 Å². The maximum Gasteiger partial charge on any atom is 0.264 e. The number of aryl methyl sites for hydroxylation is 1. The van der Waals surface area contributed by atoms with Crippen LogP contribution in [0.15, 0.2) is 83.8 Å². The van der Waals surface area contributed by atoms with Crippen LogP contribution >= 0.6 is 11.6 Å². The molecule has 0 unspecified atom stereocenters. The highest BCUT2D eigenvalue weighted by molar-refractivity contribution is 7.92. The van der Waals surface area contributed by atoms with E-state index < -0.39 is 28.5 Å². The van der Waals surface area contributed by atoms with Crippen LogP contribution in [0, 0.1) is 6.92 Å². The number of nitrogens with zero attached hydrogens (tertiary/aromatic N) is 2. The van der Waals surface area contributed by atoms with Crippen molar-refractivity contribution < 1.29 is 18.0 Å². The second-order valence-electron chi connectivity index (χ2n) is 8.61. The van der Waals surface area contributed by atoms with Crippen LogP contribution < -0.4 is 9.62 Å². The van der Waals surface area contributed by atoms with Crippen molar-refractivity contribution in [3.63, 3.8) is 0 Å². The number of hydrogen-bond acceptors (Lipinski definition) is 4. The van der Waals surface area contributed by atoms with Crippen molar-refractivity contribution in [3.05, 3.63) is 95.0 Å². The van der Waals surface area contributed by atoms with E-state index in [1.165, 1.54) is 36.2 Å². The van der Waals surface area contributed by atoms with Crippen LogP contribution in [0.25, 0.3) is 0 Å². The third-order valence-electron chi connectivity index (χ3n) is 6.18. The summed E-state index contributed by atoms with van der Waals surface area (Å²) in [6.07, 6.45) is 0.906. The Morgan fingerprint density at radius 3 is 2.16 bits per heavy atom. The molecule has 0 aromatic heterocycles. The molecule has 9 heteroatoms. The van der Waals surface area contributed by atoms with E-state index >= 15 is 0 Å². The molecule has 37 heavy (non-hydrogen) atoms. The van der Waals surface area contributed by atoms with Crippen molar-refractivity contribution in [2.75, 3.05) is 24.4 Å². The van der Waals surface area contributed by atoms with E-state index in [0.717, 1.165) is 9.87 Å². The van der Waals surface area contributed by atoms with Gasteiger partial charge in [0.15, 0.2) is 0 Å². The number of benzene rings is 3. The molecule has 1 N–H and O–H groups in total. The number of amides is 2. The lowest BCUT2D eigenvalue weighted by Gasteiger charge is -2.33. The fourth-order valence-electron chi connectivity index (χ4n) is 4.15. The monoisotopic (exact) mass is 541 g/mol. The van der Waals surface area contributed by atoms with Gasteiger partial charge in [0, 0.05) is 18.6 Å². The van der Waals surface area contributed by atoms with E-state index in [1.807, 2.05) is 37.3 Å². The molecular formula is C28H32ClN3O4S. The number of carbonyl (C=O) groups is 2. The minimum absolute atomic E-state index is 0.0159. The third kappa shape index (κ3) is 6.90. The van der Waals surface area contributed by atoms with Crippen molar-refractivity contribution in [1.29, 1.82) is 0 Å². The second-order valence-corrected chi connectivity index (χ2v) is 10.9. The number of rotatable bonds is 11. The zero-order chi connectivity index (χ0) is 27.0. The molecule has 3 rings (SSSR count). The van der Waals surface area contributed by atoms with Gasteiger partial charge in [0.1, 0.15) is 12.6 Å². The maximum absolute atomic E-state index is 13.8. The number of anilines is 1. The van der Waals surface area contributed by atoms with Crippen molar-refractivity contribution in [1.82, 2.24) is 10.2 Å². The topological polar surface area (TPSA) is 86.8 Å². The number of nitrogens with one attached hydrogen (secondary N) is 1. The molecule has 0 spiro atoms. The van der Waals surface area contributed by atoms with Crippen LogP contribution in [-0.2, 0) is 26.0 Å². The Morgan fingerprint density at radius 1 is 0.946 bits per heavy atom. The molecule has 0 radical (unpaired) electrons. The molecular weight excluding hydrogens is 510 g/mol. The van der Waals surface area contributed by atoms with Gasteiger partial charge in [0.2, 0.25) is 11.8 Å². The van der Waals surface area contributed by atoms with Gasteiger partial charge >= 0.3 is 0 Å². The Kier molecular flexibility index (Phi) is 9.72. The summed E-state index contributed by atoms with van der Waals surface area (Å²) in [6.45, 7) is 3.42. The Labute approximate surface area is 224 Å². The van der Waals surface area contributed by atoms with E-state index in [-0.39, 0.29) is 17.3 Å². The Hall–Kier alpha value is -3.36. The highest BCUT2D eigenvalue weighted by Gasteiger charge is 2.33. The van der Waals surface area contributed by atoms with E-state index in [9.17, 15) is 18.0 Å². The summed E-state index contributed by atoms with van der Waals surface area (Å²) in [7, 11) is -2.60. The van der Waals surface area contributed by atoms with Crippen molar-refractivity contribution in [2.45, 2.75) is 37.6 Å². The first-order valence-electron chi connectivity index (χ1n) is 12.1. The summed E-state index contributed by atoms with van der Waals surface area (Å²) in [5.41, 5.74) is 2.10. The molecule has 1 atom stereocenters. The van der Waals surface area contributed by atoms with Crippen LogP contribution in [0.1, 0.15) is 24.5 Å². The molecule has 2 amide bonds. The SMILES string of the molecule is CC[C@@H](C(=O)NC)N(CCc1ccccc1)C(=O)CN(c1ccccc1C)S(=O)(=O)c1ccc(Cl)cc1. The van der Waals surface area contributed by atoms with Crippen LogP contribution in [-0.4, -0.2) is 51.3 Å². The second kappa shape index (κ2) is 12.7. The standard InChI is InChI=1S/C28H32ClN3O4S/c1-4-25(28(34)30-3)31(19-18-22-11-6-5-7-12-22)27(33)20-32(26-13-9-8-10-21(26)2)37(35,36)24-16-14-23(29)15-17-24/h5-17,25H,4,18-20H2,1-3H3,(H,30,34)/t25-/m0/s1. The van der Waals surface area contributed by atoms with Gasteiger partial charge in [-0.1, -0.05) is 67.1 Å². The first-order chi connectivity index (χ1) is 17.7. The predicted molar refractivity (Wildman–Crippen MR) is 147 cm³/mol. The molecule has 0 aliphatic carbocycles. The van der Waals surface area contributed by atoms with Gasteiger partial charge in [-0.2, -0.15) is 0 Å². The van der Waals surface area contributed by atoms with Crippen molar-refractivity contribution in [3.8, 4) is 0 Å². The highest BCUT2D eigenvalue weighted by Crippen LogP contribution is 2.28. The van der Waals surface area contributed by atoms with Gasteiger partial charge in [-0.3, -0.25) is 13.9 Å². The molecule has 7 nitrogen and oxygen atoms in total. The molecule has 3 aromatic rings. The zero-order valence-electron chi connectivity index (χ0n) is 21.2.